The van der Waals surface area contributed by atoms with Gasteiger partial charge in [0.15, 0.2) is 5.78 Å². The Balaban J connectivity index is 1.35. The number of fused-ring (bicyclic) bond motifs is 1. The molecule has 3 aromatic carbocycles. The van der Waals surface area contributed by atoms with Crippen LogP contribution in [0.15, 0.2) is 82.6 Å². The lowest BCUT2D eigenvalue weighted by Crippen LogP contribution is -2.46. The second kappa shape index (κ2) is 10.7. The number of para-hydroxylation sites is 1. The van der Waals surface area contributed by atoms with Crippen molar-refractivity contribution >= 4 is 67.2 Å². The lowest BCUT2D eigenvalue weighted by Gasteiger charge is -2.36. The molecule has 0 unspecified atom stereocenters. The molecule has 3 heterocycles. The van der Waals surface area contributed by atoms with Crippen LogP contribution < -0.4 is 9.80 Å². The summed E-state index contributed by atoms with van der Waals surface area (Å²) in [4.78, 5) is 46.6. The van der Waals surface area contributed by atoms with E-state index in [0.29, 0.717) is 38.8 Å². The summed E-state index contributed by atoms with van der Waals surface area (Å²) < 4.78 is 0.733. The Hall–Kier alpha value is -3.30. The Morgan fingerprint density at radius 1 is 0.821 bits per heavy atom. The minimum absolute atomic E-state index is 0.252. The van der Waals surface area contributed by atoms with Gasteiger partial charge in [-0.05, 0) is 64.5 Å². The summed E-state index contributed by atoms with van der Waals surface area (Å²) in [6, 6.07) is 23.8. The number of ketones is 1. The van der Waals surface area contributed by atoms with E-state index < -0.39 is 11.8 Å². The Morgan fingerprint density at radius 2 is 1.41 bits per heavy atom. The van der Waals surface area contributed by atoms with E-state index >= 15 is 0 Å². The number of hydrogen-bond donors (Lipinski definition) is 0. The number of nitrogens with zero attached hydrogens (tertiary/aromatic N) is 3. The molecule has 0 radical (unpaired) electrons. The number of carbonyl (C=O) groups is 3. The molecule has 2 aliphatic heterocycles. The molecule has 196 valence electrons. The SMILES string of the molecule is O=C(c1ccc(Cl)cc1)c1c(N2C(=O)c3ccccc3C2=O)sc(Br)c1CN1CCN(c2ccccc2)CC1. The maximum absolute atomic E-state index is 14.0. The Morgan fingerprint density at radius 3 is 2.03 bits per heavy atom. The molecule has 2 aliphatic rings. The summed E-state index contributed by atoms with van der Waals surface area (Å²) >= 11 is 11.0. The lowest BCUT2D eigenvalue weighted by molar-refractivity contribution is 0.0927. The summed E-state index contributed by atoms with van der Waals surface area (Å²) in [5.41, 5.74) is 3.47. The largest absolute Gasteiger partial charge is 0.369 e. The number of carbonyl (C=O) groups excluding carboxylic acids is 3. The van der Waals surface area contributed by atoms with Crippen molar-refractivity contribution in [2.75, 3.05) is 36.0 Å². The Bertz CT molecular complexity index is 1550. The molecule has 0 aliphatic carbocycles. The second-order valence-corrected chi connectivity index (χ2v) is 12.2. The summed E-state index contributed by atoms with van der Waals surface area (Å²) in [5.74, 6) is -1.09. The maximum atomic E-state index is 14.0. The molecular formula is C30H23BrClN3O3S. The smallest absolute Gasteiger partial charge is 0.266 e. The van der Waals surface area contributed by atoms with Crippen LogP contribution in [-0.4, -0.2) is 48.7 Å². The van der Waals surface area contributed by atoms with Crippen molar-refractivity contribution in [3.05, 3.63) is 115 Å². The number of piperazine rings is 1. The molecule has 1 aromatic heterocycles. The summed E-state index contributed by atoms with van der Waals surface area (Å²) in [6.07, 6.45) is 0. The zero-order chi connectivity index (χ0) is 27.1. The topological polar surface area (TPSA) is 60.9 Å². The van der Waals surface area contributed by atoms with Crippen molar-refractivity contribution in [1.29, 1.82) is 0 Å². The van der Waals surface area contributed by atoms with Gasteiger partial charge in [-0.2, -0.15) is 0 Å². The molecule has 39 heavy (non-hydrogen) atoms. The van der Waals surface area contributed by atoms with Gasteiger partial charge in [0.2, 0.25) is 0 Å². The maximum Gasteiger partial charge on any atom is 0.266 e. The Labute approximate surface area is 243 Å². The monoisotopic (exact) mass is 619 g/mol. The zero-order valence-corrected chi connectivity index (χ0v) is 23.9. The van der Waals surface area contributed by atoms with Gasteiger partial charge in [0.05, 0.1) is 20.5 Å². The van der Waals surface area contributed by atoms with Crippen molar-refractivity contribution in [1.82, 2.24) is 4.90 Å². The van der Waals surface area contributed by atoms with E-state index in [0.717, 1.165) is 40.4 Å². The summed E-state index contributed by atoms with van der Waals surface area (Å²) in [5, 5.41) is 0.862. The summed E-state index contributed by atoms with van der Waals surface area (Å²) in [6.45, 7) is 3.86. The molecule has 2 amide bonds. The first-order valence-corrected chi connectivity index (χ1v) is 14.5. The first-order valence-electron chi connectivity index (χ1n) is 12.5. The average Bonchev–Trinajstić information content (AvgIpc) is 3.41. The van der Waals surface area contributed by atoms with E-state index in [2.05, 4.69) is 37.9 Å². The molecule has 4 aromatic rings. The third-order valence-electron chi connectivity index (χ3n) is 7.15. The van der Waals surface area contributed by atoms with Crippen LogP contribution in [0.4, 0.5) is 10.7 Å². The molecule has 1 fully saturated rings. The molecule has 0 spiro atoms. The van der Waals surface area contributed by atoms with Gasteiger partial charge >= 0.3 is 0 Å². The molecule has 0 saturated carbocycles. The molecule has 0 bridgehead atoms. The van der Waals surface area contributed by atoms with Crippen LogP contribution in [0.5, 0.6) is 0 Å². The third kappa shape index (κ3) is 4.82. The van der Waals surface area contributed by atoms with E-state index in [1.807, 2.05) is 18.2 Å². The van der Waals surface area contributed by atoms with Crippen molar-refractivity contribution in [3.8, 4) is 0 Å². The van der Waals surface area contributed by atoms with E-state index in [-0.39, 0.29) is 5.78 Å². The fourth-order valence-corrected chi connectivity index (χ4v) is 7.05. The molecular weight excluding hydrogens is 598 g/mol. The third-order valence-corrected chi connectivity index (χ3v) is 9.37. The standard InChI is InChI=1S/C30H23BrClN3O3S/c31-27-24(18-33-14-16-34(17-15-33)21-6-2-1-3-7-21)25(26(36)19-10-12-20(32)13-11-19)30(39-27)35-28(37)22-8-4-5-9-23(22)29(35)38/h1-13H,14-18H2. The van der Waals surface area contributed by atoms with Crippen LogP contribution in [0.1, 0.15) is 42.2 Å². The zero-order valence-electron chi connectivity index (χ0n) is 20.8. The van der Waals surface area contributed by atoms with Crippen LogP contribution in [0, 0.1) is 0 Å². The highest BCUT2D eigenvalue weighted by Gasteiger charge is 2.41. The summed E-state index contributed by atoms with van der Waals surface area (Å²) in [7, 11) is 0. The predicted molar refractivity (Wildman–Crippen MR) is 158 cm³/mol. The quantitative estimate of drug-likeness (QED) is 0.182. The van der Waals surface area contributed by atoms with Crippen molar-refractivity contribution in [3.63, 3.8) is 0 Å². The number of imide groups is 1. The first-order chi connectivity index (χ1) is 18.9. The highest BCUT2D eigenvalue weighted by atomic mass is 79.9. The fraction of sp³-hybridized carbons (Fsp3) is 0.167. The highest BCUT2D eigenvalue weighted by Crippen LogP contribution is 2.44. The molecule has 6 rings (SSSR count). The molecule has 0 atom stereocenters. The second-order valence-electron chi connectivity index (χ2n) is 9.46. The lowest BCUT2D eigenvalue weighted by atomic mass is 10.0. The van der Waals surface area contributed by atoms with Crippen LogP contribution >= 0.6 is 38.9 Å². The number of hydrogen-bond acceptors (Lipinski definition) is 6. The number of rotatable bonds is 6. The minimum atomic E-state index is -0.419. The van der Waals surface area contributed by atoms with Gasteiger partial charge in [0.25, 0.3) is 11.8 Å². The molecule has 1 saturated heterocycles. The first kappa shape index (κ1) is 26.0. The van der Waals surface area contributed by atoms with Gasteiger partial charge < -0.3 is 4.90 Å². The van der Waals surface area contributed by atoms with E-state index in [1.54, 1.807) is 48.5 Å². The van der Waals surface area contributed by atoms with E-state index in [9.17, 15) is 14.4 Å². The van der Waals surface area contributed by atoms with Crippen molar-refractivity contribution in [2.45, 2.75) is 6.54 Å². The van der Waals surface area contributed by atoms with Crippen LogP contribution in [-0.2, 0) is 6.54 Å². The number of benzene rings is 3. The number of halogens is 2. The molecule has 0 N–H and O–H groups in total. The van der Waals surface area contributed by atoms with Gasteiger partial charge in [0, 0.05) is 54.6 Å². The van der Waals surface area contributed by atoms with Gasteiger partial charge in [-0.15, -0.1) is 11.3 Å². The minimum Gasteiger partial charge on any atom is -0.369 e. The van der Waals surface area contributed by atoms with Gasteiger partial charge in [-0.3, -0.25) is 19.3 Å². The normalized spacial score (nSPS) is 15.6. The van der Waals surface area contributed by atoms with Gasteiger partial charge in [-0.1, -0.05) is 41.9 Å². The molecule has 6 nitrogen and oxygen atoms in total. The van der Waals surface area contributed by atoms with Crippen LogP contribution in [0.25, 0.3) is 0 Å². The highest BCUT2D eigenvalue weighted by molar-refractivity contribution is 9.11. The number of amides is 2. The van der Waals surface area contributed by atoms with Crippen molar-refractivity contribution < 1.29 is 14.4 Å². The van der Waals surface area contributed by atoms with Crippen LogP contribution in [0.2, 0.25) is 5.02 Å². The Kier molecular flexibility index (Phi) is 7.12. The van der Waals surface area contributed by atoms with Gasteiger partial charge in [0.1, 0.15) is 5.00 Å². The van der Waals surface area contributed by atoms with Crippen LogP contribution in [0.3, 0.4) is 0 Å². The number of thiophene rings is 1. The average molecular weight is 621 g/mol. The molecule has 9 heteroatoms. The predicted octanol–water partition coefficient (Wildman–Crippen LogP) is 6.52. The van der Waals surface area contributed by atoms with E-state index in [4.69, 9.17) is 11.6 Å². The van der Waals surface area contributed by atoms with E-state index in [1.165, 1.54) is 17.0 Å². The van der Waals surface area contributed by atoms with Gasteiger partial charge in [-0.25, -0.2) is 4.90 Å². The number of anilines is 2. The van der Waals surface area contributed by atoms with Crippen molar-refractivity contribution in [2.24, 2.45) is 0 Å². The fourth-order valence-electron chi connectivity index (χ4n) is 5.10.